The van der Waals surface area contributed by atoms with E-state index in [1.54, 1.807) is 25.1 Å². The summed E-state index contributed by atoms with van der Waals surface area (Å²) in [5.41, 5.74) is 7.03. The predicted molar refractivity (Wildman–Crippen MR) is 68.8 cm³/mol. The Kier molecular flexibility index (Phi) is 3.71. The van der Waals surface area contributed by atoms with Crippen LogP contribution in [0.3, 0.4) is 0 Å². The van der Waals surface area contributed by atoms with Gasteiger partial charge in [0.2, 0.25) is 0 Å². The molecule has 1 heterocycles. The Morgan fingerprint density at radius 2 is 2.26 bits per heavy atom. The highest BCUT2D eigenvalue weighted by Gasteiger charge is 2.32. The Labute approximate surface area is 111 Å². The number of fused-ring (bicyclic) bond motifs is 1. The van der Waals surface area contributed by atoms with Crippen molar-refractivity contribution in [2.75, 3.05) is 18.6 Å². The third-order valence-corrected chi connectivity index (χ3v) is 2.98. The Balaban J connectivity index is 2.38. The molecule has 1 aromatic rings. The second kappa shape index (κ2) is 5.27. The number of nitrogens with two attached hydrogens (primary N) is 1. The van der Waals surface area contributed by atoms with Crippen molar-refractivity contribution in [1.29, 1.82) is 0 Å². The topological polar surface area (TPSA) is 81.9 Å². The molecule has 6 nitrogen and oxygen atoms in total. The van der Waals surface area contributed by atoms with E-state index in [9.17, 15) is 9.59 Å². The minimum absolute atomic E-state index is 0.127. The van der Waals surface area contributed by atoms with Crippen molar-refractivity contribution in [3.63, 3.8) is 0 Å². The number of anilines is 1. The van der Waals surface area contributed by atoms with Crippen LogP contribution in [0.4, 0.5) is 5.69 Å². The van der Waals surface area contributed by atoms with Gasteiger partial charge in [-0.25, -0.2) is 0 Å². The highest BCUT2D eigenvalue weighted by Crippen LogP contribution is 2.34. The molecular formula is C13H16N2O4. The molecular weight excluding hydrogens is 248 g/mol. The zero-order valence-corrected chi connectivity index (χ0v) is 10.9. The van der Waals surface area contributed by atoms with E-state index in [1.807, 2.05) is 0 Å². The third kappa shape index (κ3) is 2.53. The molecule has 1 aliphatic heterocycles. The molecule has 102 valence electrons. The second-order valence-corrected chi connectivity index (χ2v) is 4.27. The van der Waals surface area contributed by atoms with E-state index in [0.29, 0.717) is 18.0 Å². The highest BCUT2D eigenvalue weighted by molar-refractivity contribution is 6.03. The zero-order chi connectivity index (χ0) is 14.0. The Hall–Kier alpha value is -2.08. The molecule has 19 heavy (non-hydrogen) atoms. The highest BCUT2D eigenvalue weighted by atomic mass is 16.5. The standard InChI is InChI=1S/C13H16N2O4/c1-8-13(17)15(7-12(16)18-2)10-4-3-9(6-14)5-11(10)19-8/h3-5,8H,6-7,14H2,1-2H3. The summed E-state index contributed by atoms with van der Waals surface area (Å²) in [6, 6.07) is 5.31. The largest absolute Gasteiger partial charge is 0.479 e. The quantitative estimate of drug-likeness (QED) is 0.801. The summed E-state index contributed by atoms with van der Waals surface area (Å²) in [7, 11) is 1.29. The van der Waals surface area contributed by atoms with Gasteiger partial charge in [0, 0.05) is 6.54 Å². The molecule has 2 N–H and O–H groups in total. The van der Waals surface area contributed by atoms with Gasteiger partial charge in [0.05, 0.1) is 12.8 Å². The van der Waals surface area contributed by atoms with Crippen molar-refractivity contribution in [2.24, 2.45) is 5.73 Å². The van der Waals surface area contributed by atoms with Crippen LogP contribution in [0.1, 0.15) is 12.5 Å². The van der Waals surface area contributed by atoms with Gasteiger partial charge in [-0.2, -0.15) is 0 Å². The fraction of sp³-hybridized carbons (Fsp3) is 0.385. The van der Waals surface area contributed by atoms with E-state index >= 15 is 0 Å². The molecule has 1 unspecified atom stereocenters. The fourth-order valence-corrected chi connectivity index (χ4v) is 1.94. The first-order chi connectivity index (χ1) is 9.06. The summed E-state index contributed by atoms with van der Waals surface area (Å²) in [5, 5.41) is 0. The maximum atomic E-state index is 12.1. The molecule has 6 heteroatoms. The molecule has 2 rings (SSSR count). The van der Waals surface area contributed by atoms with Crippen molar-refractivity contribution in [1.82, 2.24) is 0 Å². The number of benzene rings is 1. The maximum absolute atomic E-state index is 12.1. The van der Waals surface area contributed by atoms with Crippen LogP contribution in [0.2, 0.25) is 0 Å². The summed E-state index contributed by atoms with van der Waals surface area (Å²) in [6.07, 6.45) is -0.634. The van der Waals surface area contributed by atoms with Crippen molar-refractivity contribution in [2.45, 2.75) is 19.6 Å². The zero-order valence-electron chi connectivity index (χ0n) is 10.9. The molecule has 0 aliphatic carbocycles. The third-order valence-electron chi connectivity index (χ3n) is 2.98. The van der Waals surface area contributed by atoms with Gasteiger partial charge in [0.25, 0.3) is 5.91 Å². The van der Waals surface area contributed by atoms with Gasteiger partial charge in [0.1, 0.15) is 12.3 Å². The lowest BCUT2D eigenvalue weighted by atomic mass is 10.1. The van der Waals surface area contributed by atoms with Crippen LogP contribution in [0.5, 0.6) is 5.75 Å². The van der Waals surface area contributed by atoms with Gasteiger partial charge < -0.3 is 15.2 Å². The smallest absolute Gasteiger partial charge is 0.325 e. The molecule has 1 amide bonds. The van der Waals surface area contributed by atoms with Crippen molar-refractivity contribution >= 4 is 17.6 Å². The van der Waals surface area contributed by atoms with Crippen LogP contribution < -0.4 is 15.4 Å². The lowest BCUT2D eigenvalue weighted by Gasteiger charge is -2.32. The molecule has 0 radical (unpaired) electrons. The summed E-state index contributed by atoms with van der Waals surface area (Å²) in [4.78, 5) is 24.8. The van der Waals surface area contributed by atoms with Crippen molar-refractivity contribution in [3.8, 4) is 5.75 Å². The minimum atomic E-state index is -0.634. The van der Waals surface area contributed by atoms with Crippen LogP contribution in [0.15, 0.2) is 18.2 Å². The lowest BCUT2D eigenvalue weighted by molar-refractivity contribution is -0.140. The number of rotatable bonds is 3. The summed E-state index contributed by atoms with van der Waals surface area (Å²) < 4.78 is 10.1. The number of esters is 1. The number of carbonyl (C=O) groups is 2. The summed E-state index contributed by atoms with van der Waals surface area (Å²) in [6.45, 7) is 1.90. The van der Waals surface area contributed by atoms with Crippen LogP contribution in [-0.2, 0) is 20.9 Å². The SMILES string of the molecule is COC(=O)CN1C(=O)C(C)Oc2cc(CN)ccc21. The molecule has 0 aromatic heterocycles. The first-order valence-corrected chi connectivity index (χ1v) is 5.94. The summed E-state index contributed by atoms with van der Waals surface area (Å²) >= 11 is 0. The maximum Gasteiger partial charge on any atom is 0.325 e. The average Bonchev–Trinajstić information content (AvgIpc) is 2.42. The van der Waals surface area contributed by atoms with Gasteiger partial charge in [0.15, 0.2) is 6.10 Å². The minimum Gasteiger partial charge on any atom is -0.479 e. The second-order valence-electron chi connectivity index (χ2n) is 4.27. The lowest BCUT2D eigenvalue weighted by Crippen LogP contribution is -2.46. The van der Waals surface area contributed by atoms with E-state index in [4.69, 9.17) is 10.5 Å². The van der Waals surface area contributed by atoms with E-state index < -0.39 is 12.1 Å². The molecule has 0 spiro atoms. The van der Waals surface area contributed by atoms with Crippen molar-refractivity contribution in [3.05, 3.63) is 23.8 Å². The normalized spacial score (nSPS) is 17.7. The average molecular weight is 264 g/mol. The Morgan fingerprint density at radius 1 is 1.53 bits per heavy atom. The van der Waals surface area contributed by atoms with E-state index in [1.165, 1.54) is 12.0 Å². The van der Waals surface area contributed by atoms with Crippen LogP contribution >= 0.6 is 0 Å². The first kappa shape index (κ1) is 13.4. The molecule has 0 saturated heterocycles. The monoisotopic (exact) mass is 264 g/mol. The fourth-order valence-electron chi connectivity index (χ4n) is 1.94. The van der Waals surface area contributed by atoms with Gasteiger partial charge in [-0.05, 0) is 24.6 Å². The number of hydrogen-bond acceptors (Lipinski definition) is 5. The molecule has 0 saturated carbocycles. The molecule has 0 bridgehead atoms. The number of amides is 1. The first-order valence-electron chi connectivity index (χ1n) is 5.94. The molecule has 1 aromatic carbocycles. The number of ether oxygens (including phenoxy) is 2. The van der Waals surface area contributed by atoms with E-state index in [2.05, 4.69) is 4.74 Å². The Morgan fingerprint density at radius 3 is 2.89 bits per heavy atom. The van der Waals surface area contributed by atoms with Crippen LogP contribution in [0.25, 0.3) is 0 Å². The van der Waals surface area contributed by atoms with Crippen LogP contribution in [-0.4, -0.2) is 31.6 Å². The number of hydrogen-bond donors (Lipinski definition) is 1. The van der Waals surface area contributed by atoms with E-state index in [-0.39, 0.29) is 12.5 Å². The summed E-state index contributed by atoms with van der Waals surface area (Å²) in [5.74, 6) is -0.186. The van der Waals surface area contributed by atoms with Gasteiger partial charge >= 0.3 is 5.97 Å². The van der Waals surface area contributed by atoms with Gasteiger partial charge in [-0.3, -0.25) is 14.5 Å². The molecule has 0 fully saturated rings. The molecule has 1 atom stereocenters. The number of methoxy groups -OCH3 is 1. The van der Waals surface area contributed by atoms with E-state index in [0.717, 1.165) is 5.56 Å². The van der Waals surface area contributed by atoms with Gasteiger partial charge in [-0.15, -0.1) is 0 Å². The number of nitrogens with zero attached hydrogens (tertiary/aromatic N) is 1. The molecule has 1 aliphatic rings. The number of carbonyl (C=O) groups excluding carboxylic acids is 2. The Bertz CT molecular complexity index is 515. The van der Waals surface area contributed by atoms with Crippen LogP contribution in [0, 0.1) is 0 Å². The van der Waals surface area contributed by atoms with Crippen molar-refractivity contribution < 1.29 is 19.1 Å². The van der Waals surface area contributed by atoms with Gasteiger partial charge in [-0.1, -0.05) is 6.07 Å². The predicted octanol–water partition coefficient (Wildman–Crippen LogP) is 0.432.